The fourth-order valence-corrected chi connectivity index (χ4v) is 1.43. The lowest BCUT2D eigenvalue weighted by molar-refractivity contribution is -0.141. The van der Waals surface area contributed by atoms with Gasteiger partial charge in [0.05, 0.1) is 6.54 Å². The number of hydrogen-bond acceptors (Lipinski definition) is 5. The molecule has 6 nitrogen and oxygen atoms in total. The van der Waals surface area contributed by atoms with Crippen LogP contribution in [-0.2, 0) is 11.0 Å². The molecule has 3 N–H and O–H groups in total. The molecule has 0 fully saturated rings. The van der Waals surface area contributed by atoms with E-state index in [1.165, 1.54) is 7.05 Å². The molecule has 21 heavy (non-hydrogen) atoms. The first-order chi connectivity index (χ1) is 9.51. The molecule has 0 aliphatic heterocycles. The molecule has 9 heteroatoms. The number of aromatic nitrogens is 2. The number of alkyl halides is 3. The van der Waals surface area contributed by atoms with Crippen LogP contribution < -0.4 is 16.0 Å². The Labute approximate surface area is 120 Å². The van der Waals surface area contributed by atoms with Gasteiger partial charge in [0.25, 0.3) is 0 Å². The summed E-state index contributed by atoms with van der Waals surface area (Å²) >= 11 is 0. The quantitative estimate of drug-likeness (QED) is 0.791. The Morgan fingerprint density at radius 1 is 1.24 bits per heavy atom. The van der Waals surface area contributed by atoms with Gasteiger partial charge in [0.15, 0.2) is 5.69 Å². The van der Waals surface area contributed by atoms with E-state index in [9.17, 15) is 18.0 Å². The molecule has 0 aromatic carbocycles. The van der Waals surface area contributed by atoms with Crippen LogP contribution in [0.4, 0.5) is 24.9 Å². The van der Waals surface area contributed by atoms with Crippen LogP contribution >= 0.6 is 0 Å². The number of carbonyl (C=O) groups is 1. The Bertz CT molecular complexity index is 511. The monoisotopic (exact) mass is 305 g/mol. The minimum absolute atomic E-state index is 0.0780. The largest absolute Gasteiger partial charge is 0.433 e. The number of halogens is 3. The van der Waals surface area contributed by atoms with Gasteiger partial charge in [-0.15, -0.1) is 0 Å². The second kappa shape index (κ2) is 6.15. The number of nitrogens with zero attached hydrogens (tertiary/aromatic N) is 2. The van der Waals surface area contributed by atoms with Crippen molar-refractivity contribution in [1.82, 2.24) is 15.3 Å². The fraction of sp³-hybridized carbons (Fsp3) is 0.583. The van der Waals surface area contributed by atoms with Crippen molar-refractivity contribution in [2.24, 2.45) is 0 Å². The highest BCUT2D eigenvalue weighted by atomic mass is 19.4. The molecule has 0 saturated heterocycles. The lowest BCUT2D eigenvalue weighted by Gasteiger charge is -2.20. The highest BCUT2D eigenvalue weighted by Crippen LogP contribution is 2.29. The van der Waals surface area contributed by atoms with Gasteiger partial charge in [-0.2, -0.15) is 18.2 Å². The highest BCUT2D eigenvalue weighted by Gasteiger charge is 2.33. The fourth-order valence-electron chi connectivity index (χ4n) is 1.43. The van der Waals surface area contributed by atoms with Gasteiger partial charge in [0.1, 0.15) is 5.82 Å². The first kappa shape index (κ1) is 17.0. The molecule has 1 heterocycles. The average Bonchev–Trinajstić information content (AvgIpc) is 2.33. The number of nitrogens with one attached hydrogen (secondary N) is 3. The third kappa shape index (κ3) is 5.84. The Morgan fingerprint density at radius 3 is 2.33 bits per heavy atom. The van der Waals surface area contributed by atoms with Gasteiger partial charge in [0, 0.05) is 18.7 Å². The molecule has 0 spiro atoms. The van der Waals surface area contributed by atoms with Crippen LogP contribution in [0.25, 0.3) is 0 Å². The molecule has 1 aromatic heterocycles. The minimum atomic E-state index is -4.58. The van der Waals surface area contributed by atoms with Crippen molar-refractivity contribution >= 4 is 17.7 Å². The predicted octanol–water partition coefficient (Wildman–Crippen LogP) is 1.86. The van der Waals surface area contributed by atoms with Crippen molar-refractivity contribution in [1.29, 1.82) is 0 Å². The van der Waals surface area contributed by atoms with Crippen molar-refractivity contribution in [3.63, 3.8) is 0 Å². The second-order valence-electron chi connectivity index (χ2n) is 5.36. The standard InChI is InChI=1S/C12H18F3N5O/c1-11(2,3)20-9(21)6-17-8-5-7(12(13,14)15)18-10(16-4)19-8/h5H,6H2,1-4H3,(H,20,21)(H2,16,17,18,19). The molecule has 1 rings (SSSR count). The number of hydrogen-bond donors (Lipinski definition) is 3. The van der Waals surface area contributed by atoms with Gasteiger partial charge in [-0.05, 0) is 20.8 Å². The summed E-state index contributed by atoms with van der Waals surface area (Å²) in [6.45, 7) is 5.22. The van der Waals surface area contributed by atoms with Crippen molar-refractivity contribution in [3.05, 3.63) is 11.8 Å². The summed E-state index contributed by atoms with van der Waals surface area (Å²) in [7, 11) is 1.41. The minimum Gasteiger partial charge on any atom is -0.361 e. The molecule has 0 atom stereocenters. The summed E-state index contributed by atoms with van der Waals surface area (Å²) in [5.41, 5.74) is -1.50. The van der Waals surface area contributed by atoms with Crippen LogP contribution in [0.3, 0.4) is 0 Å². The maximum Gasteiger partial charge on any atom is 0.433 e. The lowest BCUT2D eigenvalue weighted by Crippen LogP contribution is -2.43. The van der Waals surface area contributed by atoms with E-state index in [2.05, 4.69) is 25.9 Å². The predicted molar refractivity (Wildman–Crippen MR) is 73.0 cm³/mol. The topological polar surface area (TPSA) is 78.9 Å². The van der Waals surface area contributed by atoms with E-state index in [1.807, 2.05) is 0 Å². The van der Waals surface area contributed by atoms with E-state index in [-0.39, 0.29) is 24.2 Å². The zero-order valence-corrected chi connectivity index (χ0v) is 12.2. The number of rotatable bonds is 4. The van der Waals surface area contributed by atoms with Crippen molar-refractivity contribution in [2.45, 2.75) is 32.5 Å². The molecule has 0 aliphatic rings. The van der Waals surface area contributed by atoms with E-state index in [0.29, 0.717) is 0 Å². The summed E-state index contributed by atoms with van der Waals surface area (Å²) in [4.78, 5) is 18.8. The first-order valence-corrected chi connectivity index (χ1v) is 6.20. The van der Waals surface area contributed by atoms with Gasteiger partial charge in [-0.25, -0.2) is 4.98 Å². The highest BCUT2D eigenvalue weighted by molar-refractivity contribution is 5.81. The van der Waals surface area contributed by atoms with E-state index in [0.717, 1.165) is 6.07 Å². The van der Waals surface area contributed by atoms with E-state index >= 15 is 0 Å². The Hall–Kier alpha value is -2.06. The second-order valence-corrected chi connectivity index (χ2v) is 5.36. The maximum absolute atomic E-state index is 12.7. The zero-order valence-electron chi connectivity index (χ0n) is 12.2. The third-order valence-electron chi connectivity index (χ3n) is 2.18. The van der Waals surface area contributed by atoms with Crippen LogP contribution in [0, 0.1) is 0 Å². The van der Waals surface area contributed by atoms with Crippen molar-refractivity contribution < 1.29 is 18.0 Å². The Kier molecular flexibility index (Phi) is 4.97. The van der Waals surface area contributed by atoms with Gasteiger partial charge in [-0.3, -0.25) is 4.79 Å². The van der Waals surface area contributed by atoms with E-state index in [4.69, 9.17) is 0 Å². The summed E-state index contributed by atoms with van der Waals surface area (Å²) in [5, 5.41) is 7.67. The van der Waals surface area contributed by atoms with Crippen LogP contribution in [-0.4, -0.2) is 35.0 Å². The number of anilines is 2. The van der Waals surface area contributed by atoms with Gasteiger partial charge in [-0.1, -0.05) is 0 Å². The van der Waals surface area contributed by atoms with Gasteiger partial charge < -0.3 is 16.0 Å². The molecular formula is C12H18F3N5O. The first-order valence-electron chi connectivity index (χ1n) is 6.20. The van der Waals surface area contributed by atoms with Crippen LogP contribution in [0.2, 0.25) is 0 Å². The third-order valence-corrected chi connectivity index (χ3v) is 2.18. The molecule has 1 amide bonds. The summed E-state index contributed by atoms with van der Waals surface area (Å²) in [5.74, 6) is -0.602. The molecule has 0 aliphatic carbocycles. The maximum atomic E-state index is 12.7. The van der Waals surface area contributed by atoms with Crippen molar-refractivity contribution in [2.75, 3.05) is 24.2 Å². The summed E-state index contributed by atoms with van der Waals surface area (Å²) in [6, 6.07) is 0.755. The molecule has 1 aromatic rings. The van der Waals surface area contributed by atoms with Crippen LogP contribution in [0.5, 0.6) is 0 Å². The molecule has 0 saturated carbocycles. The SMILES string of the molecule is CNc1nc(NCC(=O)NC(C)(C)C)cc(C(F)(F)F)n1. The smallest absolute Gasteiger partial charge is 0.361 e. The molecule has 0 unspecified atom stereocenters. The van der Waals surface area contributed by atoms with Crippen LogP contribution in [0.15, 0.2) is 6.07 Å². The van der Waals surface area contributed by atoms with Gasteiger partial charge >= 0.3 is 6.18 Å². The van der Waals surface area contributed by atoms with Crippen LogP contribution in [0.1, 0.15) is 26.5 Å². The lowest BCUT2D eigenvalue weighted by atomic mass is 10.1. The molecular weight excluding hydrogens is 287 g/mol. The summed E-state index contributed by atoms with van der Waals surface area (Å²) in [6.07, 6.45) is -4.58. The van der Waals surface area contributed by atoms with Crippen molar-refractivity contribution in [3.8, 4) is 0 Å². The normalized spacial score (nSPS) is 12.0. The number of carbonyl (C=O) groups excluding carboxylic acids is 1. The van der Waals surface area contributed by atoms with Gasteiger partial charge in [0.2, 0.25) is 11.9 Å². The molecule has 118 valence electrons. The zero-order chi connectivity index (χ0) is 16.3. The molecule has 0 bridgehead atoms. The summed E-state index contributed by atoms with van der Waals surface area (Å²) < 4.78 is 38.0. The number of amides is 1. The van der Waals surface area contributed by atoms with E-state index in [1.54, 1.807) is 20.8 Å². The Morgan fingerprint density at radius 2 is 1.86 bits per heavy atom. The average molecular weight is 305 g/mol. The Balaban J connectivity index is 2.82. The van der Waals surface area contributed by atoms with E-state index < -0.39 is 17.4 Å². The molecule has 0 radical (unpaired) electrons.